The maximum Gasteiger partial charge on any atom is 0.138 e. The number of hydrogen-bond donors (Lipinski definition) is 0. The van der Waals surface area contributed by atoms with Gasteiger partial charge in [-0.25, -0.2) is 0 Å². The van der Waals surface area contributed by atoms with E-state index in [1.807, 2.05) is 24.5 Å². The molecule has 5 heteroatoms. The summed E-state index contributed by atoms with van der Waals surface area (Å²) < 4.78 is 12.3. The van der Waals surface area contributed by atoms with Gasteiger partial charge in [-0.1, -0.05) is 0 Å². The van der Waals surface area contributed by atoms with E-state index in [0.717, 1.165) is 38.2 Å². The zero-order chi connectivity index (χ0) is 16.2. The number of aromatic nitrogens is 2. The summed E-state index contributed by atoms with van der Waals surface area (Å²) in [5, 5.41) is 0. The van der Waals surface area contributed by atoms with E-state index < -0.39 is 0 Å². The van der Waals surface area contributed by atoms with Crippen LogP contribution in [0.1, 0.15) is 24.8 Å². The van der Waals surface area contributed by atoms with Gasteiger partial charge in [-0.15, -0.1) is 0 Å². The molecule has 2 aromatic rings. The fourth-order valence-corrected chi connectivity index (χ4v) is 3.84. The van der Waals surface area contributed by atoms with Gasteiger partial charge in [-0.2, -0.15) is 0 Å². The first-order valence-electron chi connectivity index (χ1n) is 8.63. The average Bonchev–Trinajstić information content (AvgIpc) is 2.98. The van der Waals surface area contributed by atoms with Crippen molar-refractivity contribution in [3.8, 4) is 5.75 Å². The second-order valence-corrected chi connectivity index (χ2v) is 6.80. The minimum atomic E-state index is -0.0574. The fraction of sp³-hybridized carbons (Fsp3) is 0.474. The summed E-state index contributed by atoms with van der Waals surface area (Å²) in [6.07, 6.45) is 10.6. The number of pyridine rings is 2. The van der Waals surface area contributed by atoms with Crippen molar-refractivity contribution >= 4 is 0 Å². The fourth-order valence-electron chi connectivity index (χ4n) is 3.84. The van der Waals surface area contributed by atoms with E-state index in [1.165, 1.54) is 12.0 Å². The molecule has 2 aliphatic heterocycles. The molecule has 126 valence electrons. The van der Waals surface area contributed by atoms with E-state index >= 15 is 0 Å². The molecule has 5 nitrogen and oxygen atoms in total. The van der Waals surface area contributed by atoms with Crippen LogP contribution in [-0.2, 0) is 11.3 Å². The predicted octanol–water partition coefficient (Wildman–Crippen LogP) is 2.68. The normalized spacial score (nSPS) is 27.4. The van der Waals surface area contributed by atoms with Crippen LogP contribution in [0.5, 0.6) is 5.75 Å². The first-order chi connectivity index (χ1) is 11.8. The van der Waals surface area contributed by atoms with E-state index in [0.29, 0.717) is 6.61 Å². The molecule has 0 radical (unpaired) electrons. The van der Waals surface area contributed by atoms with Crippen LogP contribution in [0.2, 0.25) is 0 Å². The summed E-state index contributed by atoms with van der Waals surface area (Å²) in [5.41, 5.74) is 1.25. The predicted molar refractivity (Wildman–Crippen MR) is 90.7 cm³/mol. The zero-order valence-corrected chi connectivity index (χ0v) is 13.8. The molecule has 2 aliphatic rings. The SMILES string of the molecule is c1cncc(O[C@H]2CO[C@]3(CCCN(Cc4ccncc4)C3)C2)c1. The Labute approximate surface area is 142 Å². The smallest absolute Gasteiger partial charge is 0.138 e. The maximum atomic E-state index is 6.23. The van der Waals surface area contributed by atoms with Crippen LogP contribution in [0, 0.1) is 0 Å². The lowest BCUT2D eigenvalue weighted by molar-refractivity contribution is -0.0538. The molecule has 24 heavy (non-hydrogen) atoms. The first-order valence-corrected chi connectivity index (χ1v) is 8.63. The summed E-state index contributed by atoms with van der Waals surface area (Å²) in [6.45, 7) is 3.73. The van der Waals surface area contributed by atoms with Crippen LogP contribution in [0.15, 0.2) is 49.1 Å². The molecule has 2 saturated heterocycles. The molecule has 0 aromatic carbocycles. The lowest BCUT2D eigenvalue weighted by atomic mass is 9.89. The Morgan fingerprint density at radius 1 is 1.21 bits per heavy atom. The Morgan fingerprint density at radius 3 is 2.96 bits per heavy atom. The largest absolute Gasteiger partial charge is 0.486 e. The molecule has 0 bridgehead atoms. The van der Waals surface area contributed by atoms with Gasteiger partial charge in [0.1, 0.15) is 11.9 Å². The van der Waals surface area contributed by atoms with Gasteiger partial charge in [0, 0.05) is 38.1 Å². The monoisotopic (exact) mass is 325 g/mol. The Balaban J connectivity index is 1.37. The number of ether oxygens (including phenoxy) is 2. The summed E-state index contributed by atoms with van der Waals surface area (Å²) in [6, 6.07) is 8.03. The van der Waals surface area contributed by atoms with Crippen molar-refractivity contribution in [1.82, 2.24) is 14.9 Å². The minimum Gasteiger partial charge on any atom is -0.486 e. The van der Waals surface area contributed by atoms with Crippen LogP contribution in [-0.4, -0.2) is 46.3 Å². The number of piperidine rings is 1. The van der Waals surface area contributed by atoms with Gasteiger partial charge in [0.15, 0.2) is 0 Å². The van der Waals surface area contributed by atoms with Gasteiger partial charge in [0.25, 0.3) is 0 Å². The van der Waals surface area contributed by atoms with Crippen LogP contribution in [0.25, 0.3) is 0 Å². The van der Waals surface area contributed by atoms with Crippen molar-refractivity contribution in [3.63, 3.8) is 0 Å². The zero-order valence-electron chi connectivity index (χ0n) is 13.8. The van der Waals surface area contributed by atoms with Crippen molar-refractivity contribution in [2.45, 2.75) is 37.5 Å². The number of likely N-dealkylation sites (tertiary alicyclic amines) is 1. The van der Waals surface area contributed by atoms with Gasteiger partial charge in [0.2, 0.25) is 0 Å². The second kappa shape index (κ2) is 6.87. The third-order valence-corrected chi connectivity index (χ3v) is 4.89. The molecule has 0 N–H and O–H groups in total. The third kappa shape index (κ3) is 3.57. The van der Waals surface area contributed by atoms with E-state index in [2.05, 4.69) is 27.0 Å². The lowest BCUT2D eigenvalue weighted by Crippen LogP contribution is -2.47. The molecule has 0 unspecified atom stereocenters. The maximum absolute atomic E-state index is 6.23. The highest BCUT2D eigenvalue weighted by Gasteiger charge is 2.44. The van der Waals surface area contributed by atoms with Crippen molar-refractivity contribution in [2.75, 3.05) is 19.7 Å². The van der Waals surface area contributed by atoms with Gasteiger partial charge in [-0.3, -0.25) is 14.9 Å². The van der Waals surface area contributed by atoms with Crippen LogP contribution < -0.4 is 4.74 Å². The molecule has 0 aliphatic carbocycles. The highest BCUT2D eigenvalue weighted by atomic mass is 16.6. The summed E-state index contributed by atoms with van der Waals surface area (Å²) >= 11 is 0. The molecule has 0 amide bonds. The first kappa shape index (κ1) is 15.5. The van der Waals surface area contributed by atoms with Crippen LogP contribution in [0.4, 0.5) is 0 Å². The highest BCUT2D eigenvalue weighted by Crippen LogP contribution is 2.36. The number of hydrogen-bond acceptors (Lipinski definition) is 5. The molecule has 4 heterocycles. The Kier molecular flexibility index (Phi) is 4.45. The highest BCUT2D eigenvalue weighted by molar-refractivity contribution is 5.16. The summed E-state index contributed by atoms with van der Waals surface area (Å²) in [4.78, 5) is 10.7. The van der Waals surface area contributed by atoms with Gasteiger partial charge in [-0.05, 0) is 49.2 Å². The topological polar surface area (TPSA) is 47.5 Å². The van der Waals surface area contributed by atoms with E-state index in [4.69, 9.17) is 9.47 Å². The van der Waals surface area contributed by atoms with Crippen LogP contribution in [0.3, 0.4) is 0 Å². The molecule has 2 fully saturated rings. The Morgan fingerprint density at radius 2 is 2.12 bits per heavy atom. The van der Waals surface area contributed by atoms with E-state index in [1.54, 1.807) is 12.4 Å². The quantitative estimate of drug-likeness (QED) is 0.865. The number of rotatable bonds is 4. The van der Waals surface area contributed by atoms with Gasteiger partial charge in [0.05, 0.1) is 18.4 Å². The van der Waals surface area contributed by atoms with Crippen LogP contribution >= 0.6 is 0 Å². The molecule has 1 spiro atoms. The van der Waals surface area contributed by atoms with Crippen molar-refractivity contribution < 1.29 is 9.47 Å². The van der Waals surface area contributed by atoms with Gasteiger partial charge >= 0.3 is 0 Å². The van der Waals surface area contributed by atoms with E-state index in [-0.39, 0.29) is 11.7 Å². The third-order valence-electron chi connectivity index (χ3n) is 4.89. The minimum absolute atomic E-state index is 0.0574. The Hall–Kier alpha value is -1.98. The number of nitrogens with zero attached hydrogens (tertiary/aromatic N) is 3. The molecule has 2 atom stereocenters. The molecular weight excluding hydrogens is 302 g/mol. The van der Waals surface area contributed by atoms with E-state index in [9.17, 15) is 0 Å². The van der Waals surface area contributed by atoms with Crippen molar-refractivity contribution in [1.29, 1.82) is 0 Å². The summed E-state index contributed by atoms with van der Waals surface area (Å²) in [5.74, 6) is 0.826. The van der Waals surface area contributed by atoms with Gasteiger partial charge < -0.3 is 9.47 Å². The lowest BCUT2D eigenvalue weighted by Gasteiger charge is -2.39. The molecule has 4 rings (SSSR count). The van der Waals surface area contributed by atoms with Crippen molar-refractivity contribution in [3.05, 3.63) is 54.6 Å². The second-order valence-electron chi connectivity index (χ2n) is 6.80. The Bertz CT molecular complexity index is 652. The average molecular weight is 325 g/mol. The van der Waals surface area contributed by atoms with Crippen molar-refractivity contribution in [2.24, 2.45) is 0 Å². The summed E-state index contributed by atoms with van der Waals surface area (Å²) in [7, 11) is 0. The molecule has 2 aromatic heterocycles. The molecular formula is C19H23N3O2. The molecule has 0 saturated carbocycles. The standard InChI is InChI=1S/C19H23N3O2/c1-3-17(12-21-7-1)24-18-11-19(23-14-18)6-2-10-22(15-19)13-16-4-8-20-9-5-16/h1,3-5,7-9,12,18H,2,6,10-11,13-15H2/t18-,19-/m1/s1.